The number of aromatic nitrogens is 1. The minimum Gasteiger partial charge on any atom is -0.399 e. The second kappa shape index (κ2) is 8.38. The Morgan fingerprint density at radius 1 is 1.26 bits per heavy atom. The number of halogens is 2. The van der Waals surface area contributed by atoms with Crippen LogP contribution in [-0.2, 0) is 13.1 Å². The fraction of sp³-hybridized carbons (Fsp3) is 0.308. The fourth-order valence-corrected chi connectivity index (χ4v) is 2.64. The van der Waals surface area contributed by atoms with Crippen molar-refractivity contribution in [2.45, 2.75) is 20.0 Å². The molecule has 0 aliphatic rings. The summed E-state index contributed by atoms with van der Waals surface area (Å²) in [4.78, 5) is 7.87. The van der Waals surface area contributed by atoms with Crippen LogP contribution in [0.15, 0.2) is 29.8 Å². The highest BCUT2D eigenvalue weighted by atomic mass is 35.5. The molecule has 0 bridgehead atoms. The third-order valence-electron chi connectivity index (χ3n) is 2.66. The Morgan fingerprint density at radius 2 is 2.00 bits per heavy atom. The average molecular weight is 320 g/mol. The van der Waals surface area contributed by atoms with Crippen molar-refractivity contribution in [2.75, 3.05) is 12.8 Å². The second-order valence-electron chi connectivity index (χ2n) is 4.28. The summed E-state index contributed by atoms with van der Waals surface area (Å²) in [5.41, 5.74) is 10.9. The van der Waals surface area contributed by atoms with E-state index in [1.807, 2.05) is 23.7 Å². The first-order valence-electron chi connectivity index (χ1n) is 5.57. The van der Waals surface area contributed by atoms with Crippen LogP contribution in [-0.4, -0.2) is 16.9 Å². The summed E-state index contributed by atoms with van der Waals surface area (Å²) in [6.45, 7) is 3.90. The molecule has 0 unspecified atom stereocenters. The lowest BCUT2D eigenvalue weighted by Crippen LogP contribution is -2.17. The van der Waals surface area contributed by atoms with E-state index in [0.717, 1.165) is 24.5 Å². The van der Waals surface area contributed by atoms with E-state index in [1.165, 1.54) is 10.4 Å². The van der Waals surface area contributed by atoms with Gasteiger partial charge in [-0.25, -0.2) is 4.98 Å². The molecule has 0 atom stereocenters. The summed E-state index contributed by atoms with van der Waals surface area (Å²) < 4.78 is 0. The predicted molar refractivity (Wildman–Crippen MR) is 87.4 cm³/mol. The van der Waals surface area contributed by atoms with E-state index in [1.54, 1.807) is 11.3 Å². The highest BCUT2D eigenvalue weighted by molar-refractivity contribution is 7.09. The second-order valence-corrected chi connectivity index (χ2v) is 5.22. The van der Waals surface area contributed by atoms with Crippen LogP contribution in [0, 0.1) is 6.92 Å². The molecule has 0 aliphatic heterocycles. The molecule has 0 saturated heterocycles. The molecule has 2 aromatic rings. The van der Waals surface area contributed by atoms with Crippen molar-refractivity contribution in [1.82, 2.24) is 9.88 Å². The van der Waals surface area contributed by atoms with Gasteiger partial charge in [-0.15, -0.1) is 36.2 Å². The Balaban J connectivity index is 0.00000162. The molecule has 3 nitrogen and oxygen atoms in total. The zero-order valence-electron chi connectivity index (χ0n) is 11.0. The molecule has 0 fully saturated rings. The average Bonchev–Trinajstić information content (AvgIpc) is 2.64. The summed E-state index contributed by atoms with van der Waals surface area (Å²) in [6, 6.07) is 8.04. The van der Waals surface area contributed by atoms with Gasteiger partial charge in [0.15, 0.2) is 0 Å². The van der Waals surface area contributed by atoms with Crippen molar-refractivity contribution >= 4 is 41.8 Å². The van der Waals surface area contributed by atoms with Crippen LogP contribution in [0.25, 0.3) is 0 Å². The Morgan fingerprint density at radius 3 is 2.58 bits per heavy atom. The van der Waals surface area contributed by atoms with Gasteiger partial charge < -0.3 is 5.73 Å². The normalized spacial score (nSPS) is 9.84. The molecule has 1 heterocycles. The minimum atomic E-state index is 0. The largest absolute Gasteiger partial charge is 0.399 e. The Kier molecular flexibility index (Phi) is 8.02. The number of anilines is 1. The SMILES string of the molecule is Cc1ncsc1CN(C)Cc1cccc(N)c1.Cl.Cl. The topological polar surface area (TPSA) is 42.2 Å². The zero-order chi connectivity index (χ0) is 12.3. The molecule has 0 aliphatic carbocycles. The summed E-state index contributed by atoms with van der Waals surface area (Å²) in [5.74, 6) is 0. The van der Waals surface area contributed by atoms with Crippen molar-refractivity contribution in [3.63, 3.8) is 0 Å². The molecule has 19 heavy (non-hydrogen) atoms. The van der Waals surface area contributed by atoms with Gasteiger partial charge in [-0.1, -0.05) is 12.1 Å². The molecule has 106 valence electrons. The van der Waals surface area contributed by atoms with Crippen LogP contribution in [0.4, 0.5) is 5.69 Å². The first-order valence-corrected chi connectivity index (χ1v) is 6.45. The smallest absolute Gasteiger partial charge is 0.0798 e. The van der Waals surface area contributed by atoms with Crippen molar-refractivity contribution in [3.8, 4) is 0 Å². The van der Waals surface area contributed by atoms with Gasteiger partial charge in [-0.2, -0.15) is 0 Å². The van der Waals surface area contributed by atoms with E-state index >= 15 is 0 Å². The van der Waals surface area contributed by atoms with E-state index in [2.05, 4.69) is 29.9 Å². The number of aryl methyl sites for hydroxylation is 1. The first kappa shape index (κ1) is 18.2. The van der Waals surface area contributed by atoms with Crippen LogP contribution in [0.1, 0.15) is 16.1 Å². The maximum atomic E-state index is 5.77. The molecule has 6 heteroatoms. The monoisotopic (exact) mass is 319 g/mol. The fourth-order valence-electron chi connectivity index (χ4n) is 1.78. The summed E-state index contributed by atoms with van der Waals surface area (Å²) in [6.07, 6.45) is 0. The van der Waals surface area contributed by atoms with Crippen molar-refractivity contribution in [3.05, 3.63) is 45.9 Å². The highest BCUT2D eigenvalue weighted by Crippen LogP contribution is 2.16. The molecule has 2 N–H and O–H groups in total. The number of nitrogens with zero attached hydrogens (tertiary/aromatic N) is 2. The van der Waals surface area contributed by atoms with Gasteiger partial charge in [0, 0.05) is 23.7 Å². The number of benzene rings is 1. The van der Waals surface area contributed by atoms with Crippen LogP contribution in [0.2, 0.25) is 0 Å². The number of hydrogen-bond acceptors (Lipinski definition) is 4. The van der Waals surface area contributed by atoms with Crippen LogP contribution in [0.5, 0.6) is 0 Å². The van der Waals surface area contributed by atoms with E-state index < -0.39 is 0 Å². The quantitative estimate of drug-likeness (QED) is 0.877. The number of nitrogen functional groups attached to an aromatic ring is 1. The van der Waals surface area contributed by atoms with Gasteiger partial charge >= 0.3 is 0 Å². The predicted octanol–water partition coefficient (Wildman–Crippen LogP) is 3.51. The highest BCUT2D eigenvalue weighted by Gasteiger charge is 2.06. The minimum absolute atomic E-state index is 0. The van der Waals surface area contributed by atoms with Gasteiger partial charge in [0.25, 0.3) is 0 Å². The molecule has 0 saturated carbocycles. The Hall–Kier alpha value is -0.810. The van der Waals surface area contributed by atoms with Crippen LogP contribution >= 0.6 is 36.2 Å². The summed E-state index contributed by atoms with van der Waals surface area (Å²) >= 11 is 1.71. The molecule has 0 amide bonds. The number of nitrogens with two attached hydrogens (primary N) is 1. The van der Waals surface area contributed by atoms with Crippen molar-refractivity contribution in [1.29, 1.82) is 0 Å². The molecular weight excluding hydrogens is 301 g/mol. The lowest BCUT2D eigenvalue weighted by atomic mass is 10.2. The van der Waals surface area contributed by atoms with E-state index in [-0.39, 0.29) is 24.8 Å². The Bertz CT molecular complexity index is 502. The van der Waals surface area contributed by atoms with Gasteiger partial charge in [-0.05, 0) is 31.7 Å². The van der Waals surface area contributed by atoms with Crippen LogP contribution in [0.3, 0.4) is 0 Å². The van der Waals surface area contributed by atoms with E-state index in [0.29, 0.717) is 0 Å². The van der Waals surface area contributed by atoms with E-state index in [9.17, 15) is 0 Å². The van der Waals surface area contributed by atoms with E-state index in [4.69, 9.17) is 5.73 Å². The van der Waals surface area contributed by atoms with Gasteiger partial charge in [0.2, 0.25) is 0 Å². The third-order valence-corrected chi connectivity index (χ3v) is 3.58. The molecular formula is C13H19Cl2N3S. The van der Waals surface area contributed by atoms with Crippen molar-refractivity contribution < 1.29 is 0 Å². The van der Waals surface area contributed by atoms with Gasteiger partial charge in [-0.3, -0.25) is 4.90 Å². The first-order chi connectivity index (χ1) is 8.15. The lowest BCUT2D eigenvalue weighted by molar-refractivity contribution is 0.321. The Labute approximate surface area is 130 Å². The maximum absolute atomic E-state index is 5.77. The molecule has 1 aromatic heterocycles. The number of rotatable bonds is 4. The summed E-state index contributed by atoms with van der Waals surface area (Å²) in [7, 11) is 2.11. The molecule has 2 rings (SSSR count). The lowest BCUT2D eigenvalue weighted by Gasteiger charge is -2.16. The van der Waals surface area contributed by atoms with Crippen molar-refractivity contribution in [2.24, 2.45) is 0 Å². The number of hydrogen-bond donors (Lipinski definition) is 1. The number of thiazole rings is 1. The molecule has 0 radical (unpaired) electrons. The zero-order valence-corrected chi connectivity index (χ0v) is 13.4. The third kappa shape index (κ3) is 5.37. The molecule has 0 spiro atoms. The summed E-state index contributed by atoms with van der Waals surface area (Å²) in [5, 5.41) is 0. The molecule has 1 aromatic carbocycles. The van der Waals surface area contributed by atoms with Gasteiger partial charge in [0.1, 0.15) is 0 Å². The van der Waals surface area contributed by atoms with Gasteiger partial charge in [0.05, 0.1) is 11.2 Å². The standard InChI is InChI=1S/C13H17N3S.2ClH/c1-10-13(17-9-15-10)8-16(2)7-11-4-3-5-12(14)6-11;;/h3-6,9H,7-8,14H2,1-2H3;2*1H. The van der Waals surface area contributed by atoms with Crippen LogP contribution < -0.4 is 5.73 Å². The maximum Gasteiger partial charge on any atom is 0.0798 e.